The first-order chi connectivity index (χ1) is 12.5. The minimum absolute atomic E-state index is 0.192. The molecule has 0 spiro atoms. The van der Waals surface area contributed by atoms with Gasteiger partial charge in [-0.25, -0.2) is 0 Å². The van der Waals surface area contributed by atoms with Crippen molar-refractivity contribution in [2.45, 2.75) is 32.9 Å². The van der Waals surface area contributed by atoms with Gasteiger partial charge in [0.2, 0.25) is 0 Å². The third-order valence-electron chi connectivity index (χ3n) is 4.75. The Hall–Kier alpha value is -1.47. The Kier molecular flexibility index (Phi) is 6.64. The summed E-state index contributed by atoms with van der Waals surface area (Å²) >= 11 is 7.41. The average Bonchev–Trinajstić information content (AvgIpc) is 3.13. The number of hydrogen-bond acceptors (Lipinski definition) is 4. The van der Waals surface area contributed by atoms with Crippen LogP contribution in [0.2, 0.25) is 0 Å². The minimum Gasteiger partial charge on any atom is -0.379 e. The van der Waals surface area contributed by atoms with Crippen molar-refractivity contribution in [2.24, 2.45) is 0 Å². The van der Waals surface area contributed by atoms with E-state index in [2.05, 4.69) is 72.0 Å². The van der Waals surface area contributed by atoms with Gasteiger partial charge in [-0.1, -0.05) is 18.2 Å². The van der Waals surface area contributed by atoms with Gasteiger partial charge >= 0.3 is 0 Å². The zero-order valence-corrected chi connectivity index (χ0v) is 17.3. The Bertz CT molecular complexity index is 727. The fourth-order valence-corrected chi connectivity index (χ4v) is 4.63. The van der Waals surface area contributed by atoms with Crippen molar-refractivity contribution < 1.29 is 4.74 Å². The van der Waals surface area contributed by atoms with Crippen LogP contribution in [0.4, 0.5) is 5.69 Å². The molecule has 2 N–H and O–H groups in total. The number of thiophene rings is 1. The van der Waals surface area contributed by atoms with Gasteiger partial charge in [0, 0.05) is 29.7 Å². The summed E-state index contributed by atoms with van der Waals surface area (Å²) in [5.74, 6) is 0. The predicted octanol–water partition coefficient (Wildman–Crippen LogP) is 4.11. The van der Waals surface area contributed by atoms with Crippen LogP contribution in [0.15, 0.2) is 35.7 Å². The maximum atomic E-state index is 5.60. The Morgan fingerprint density at radius 3 is 2.69 bits per heavy atom. The number of rotatable bonds is 5. The van der Waals surface area contributed by atoms with Crippen molar-refractivity contribution in [2.75, 3.05) is 31.6 Å². The molecule has 0 saturated carbocycles. The summed E-state index contributed by atoms with van der Waals surface area (Å²) in [7, 11) is 0. The minimum atomic E-state index is 0.192. The Labute approximate surface area is 165 Å². The van der Waals surface area contributed by atoms with Crippen LogP contribution in [0.1, 0.15) is 29.0 Å². The lowest BCUT2D eigenvalue weighted by Gasteiger charge is -2.38. The summed E-state index contributed by atoms with van der Waals surface area (Å²) in [6, 6.07) is 11.2. The largest absolute Gasteiger partial charge is 0.379 e. The first-order valence-electron chi connectivity index (χ1n) is 9.04. The molecule has 1 aliphatic heterocycles. The Morgan fingerprint density at radius 2 is 2.00 bits per heavy atom. The predicted molar refractivity (Wildman–Crippen MR) is 114 cm³/mol. The third kappa shape index (κ3) is 4.82. The summed E-state index contributed by atoms with van der Waals surface area (Å²) in [6.07, 6.45) is 0. The molecule has 4 nitrogen and oxygen atoms in total. The quantitative estimate of drug-likeness (QED) is 0.753. The maximum absolute atomic E-state index is 5.60. The molecule has 0 aliphatic carbocycles. The number of benzene rings is 1. The van der Waals surface area contributed by atoms with Crippen molar-refractivity contribution in [1.82, 2.24) is 10.2 Å². The van der Waals surface area contributed by atoms with E-state index < -0.39 is 0 Å². The van der Waals surface area contributed by atoms with E-state index in [0.717, 1.165) is 32.0 Å². The molecule has 0 unspecified atom stereocenters. The smallest absolute Gasteiger partial charge is 0.171 e. The van der Waals surface area contributed by atoms with E-state index in [-0.39, 0.29) is 12.1 Å². The molecule has 2 heterocycles. The van der Waals surface area contributed by atoms with Gasteiger partial charge in [-0.3, -0.25) is 4.90 Å². The number of nitrogens with one attached hydrogen (secondary N) is 2. The van der Waals surface area contributed by atoms with Crippen molar-refractivity contribution in [1.29, 1.82) is 0 Å². The Morgan fingerprint density at radius 1 is 1.23 bits per heavy atom. The number of thiocarbonyl (C=S) groups is 1. The first-order valence-corrected chi connectivity index (χ1v) is 10.3. The topological polar surface area (TPSA) is 36.5 Å². The molecule has 0 bridgehead atoms. The second-order valence-electron chi connectivity index (χ2n) is 6.81. The number of aryl methyl sites for hydroxylation is 2. The number of anilines is 1. The van der Waals surface area contributed by atoms with Gasteiger partial charge in [-0.15, -0.1) is 11.3 Å². The monoisotopic (exact) mass is 389 g/mol. The van der Waals surface area contributed by atoms with Gasteiger partial charge in [0.15, 0.2) is 5.11 Å². The van der Waals surface area contributed by atoms with E-state index in [9.17, 15) is 0 Å². The van der Waals surface area contributed by atoms with Crippen LogP contribution < -0.4 is 10.6 Å². The second-order valence-corrected chi connectivity index (χ2v) is 8.20. The highest BCUT2D eigenvalue weighted by Gasteiger charge is 2.28. The van der Waals surface area contributed by atoms with Crippen LogP contribution in [0.3, 0.4) is 0 Å². The number of ether oxygens (including phenoxy) is 1. The van der Waals surface area contributed by atoms with E-state index >= 15 is 0 Å². The van der Waals surface area contributed by atoms with Gasteiger partial charge in [0.05, 0.1) is 19.3 Å². The van der Waals surface area contributed by atoms with Crippen LogP contribution >= 0.6 is 23.6 Å². The lowest BCUT2D eigenvalue weighted by atomic mass is 10.1. The van der Waals surface area contributed by atoms with Crippen molar-refractivity contribution in [3.05, 3.63) is 51.7 Å². The molecule has 0 amide bonds. The molecule has 140 valence electrons. The van der Waals surface area contributed by atoms with Crippen LogP contribution in [0.5, 0.6) is 0 Å². The molecule has 3 rings (SSSR count). The molecular formula is C20H27N3OS2. The zero-order valence-electron chi connectivity index (χ0n) is 15.6. The highest BCUT2D eigenvalue weighted by Crippen LogP contribution is 2.29. The van der Waals surface area contributed by atoms with Crippen molar-refractivity contribution in [3.63, 3.8) is 0 Å². The number of nitrogens with zero attached hydrogens (tertiary/aromatic N) is 1. The van der Waals surface area contributed by atoms with Gasteiger partial charge in [-0.05, 0) is 61.6 Å². The molecule has 1 aromatic heterocycles. The number of morpholine rings is 1. The van der Waals surface area contributed by atoms with Crippen LogP contribution in [0.25, 0.3) is 0 Å². The molecule has 2 aromatic rings. The van der Waals surface area contributed by atoms with Crippen molar-refractivity contribution >= 4 is 34.4 Å². The van der Waals surface area contributed by atoms with Gasteiger partial charge in [0.1, 0.15) is 0 Å². The molecular weight excluding hydrogens is 362 g/mol. The van der Waals surface area contributed by atoms with E-state index in [1.54, 1.807) is 11.3 Å². The lowest BCUT2D eigenvalue weighted by molar-refractivity contribution is 0.0110. The molecule has 2 atom stereocenters. The molecule has 6 heteroatoms. The summed E-state index contributed by atoms with van der Waals surface area (Å²) in [6.45, 7) is 9.87. The van der Waals surface area contributed by atoms with Gasteiger partial charge < -0.3 is 15.4 Å². The summed E-state index contributed by atoms with van der Waals surface area (Å²) in [5, 5.41) is 9.68. The summed E-state index contributed by atoms with van der Waals surface area (Å²) in [5.41, 5.74) is 3.47. The van der Waals surface area contributed by atoms with Gasteiger partial charge in [0.25, 0.3) is 0 Å². The van der Waals surface area contributed by atoms with E-state index in [4.69, 9.17) is 17.0 Å². The fraction of sp³-hybridized carbons (Fsp3) is 0.450. The maximum Gasteiger partial charge on any atom is 0.171 e. The zero-order chi connectivity index (χ0) is 18.5. The third-order valence-corrected chi connectivity index (χ3v) is 5.91. The van der Waals surface area contributed by atoms with E-state index in [1.807, 2.05) is 0 Å². The average molecular weight is 390 g/mol. The molecule has 26 heavy (non-hydrogen) atoms. The first kappa shape index (κ1) is 19.3. The fourth-order valence-electron chi connectivity index (χ4n) is 3.37. The lowest BCUT2D eigenvalue weighted by Crippen LogP contribution is -2.49. The molecule has 1 fully saturated rings. The molecule has 1 aliphatic rings. The van der Waals surface area contributed by atoms with Crippen LogP contribution in [0, 0.1) is 13.8 Å². The van der Waals surface area contributed by atoms with E-state index in [0.29, 0.717) is 5.11 Å². The van der Waals surface area contributed by atoms with Crippen LogP contribution in [-0.2, 0) is 4.74 Å². The van der Waals surface area contributed by atoms with Crippen molar-refractivity contribution in [3.8, 4) is 0 Å². The summed E-state index contributed by atoms with van der Waals surface area (Å²) in [4.78, 5) is 3.86. The molecule has 1 saturated heterocycles. The van der Waals surface area contributed by atoms with E-state index in [1.165, 1.54) is 16.0 Å². The highest BCUT2D eigenvalue weighted by atomic mass is 32.1. The number of hydrogen-bond donors (Lipinski definition) is 2. The molecule has 0 radical (unpaired) electrons. The van der Waals surface area contributed by atoms with Crippen LogP contribution in [-0.4, -0.2) is 42.4 Å². The normalized spacial score (nSPS) is 17.5. The Balaban J connectivity index is 1.69. The second kappa shape index (κ2) is 8.95. The highest BCUT2D eigenvalue weighted by molar-refractivity contribution is 7.80. The van der Waals surface area contributed by atoms with Gasteiger partial charge in [-0.2, -0.15) is 0 Å². The standard InChI is InChI=1S/C20H27N3OS2/c1-14-6-7-15(2)17(13-14)22-20(25)21-16(3)19(18-5-4-12-26-18)23-8-10-24-11-9-23/h4-7,12-13,16,19H,8-11H2,1-3H3,(H2,21,22,25)/t16-,19+/m0/s1. The SMILES string of the molecule is Cc1ccc(C)c(NC(=S)N[C@@H](C)[C@H](c2cccs2)N2CCOCC2)c1. The molecule has 1 aromatic carbocycles. The summed E-state index contributed by atoms with van der Waals surface area (Å²) < 4.78 is 5.53.